The number of piperidine rings is 1. The summed E-state index contributed by atoms with van der Waals surface area (Å²) in [5.41, 5.74) is 1.17. The SMILES string of the molecule is CN=C(NCC(c1ccccc1OC)N1CCCCC1)NC(C)CCS(C)(=O)=O. The van der Waals surface area contributed by atoms with Gasteiger partial charge in [0.2, 0.25) is 0 Å². The Bertz CT molecular complexity index is 761. The molecule has 164 valence electrons. The first-order chi connectivity index (χ1) is 13.8. The van der Waals surface area contributed by atoms with E-state index in [-0.39, 0.29) is 17.8 Å². The van der Waals surface area contributed by atoms with E-state index in [1.807, 2.05) is 19.1 Å². The average Bonchev–Trinajstić information content (AvgIpc) is 2.72. The third-order valence-corrected chi connectivity index (χ3v) is 6.30. The Balaban J connectivity index is 2.06. The monoisotopic (exact) mass is 424 g/mol. The van der Waals surface area contributed by atoms with Gasteiger partial charge in [-0.2, -0.15) is 0 Å². The molecule has 2 unspecified atom stereocenters. The highest BCUT2D eigenvalue weighted by Crippen LogP contribution is 2.30. The van der Waals surface area contributed by atoms with Crippen molar-refractivity contribution in [1.82, 2.24) is 15.5 Å². The average molecular weight is 425 g/mol. The second-order valence-electron chi connectivity index (χ2n) is 7.77. The van der Waals surface area contributed by atoms with Gasteiger partial charge in [0.05, 0.1) is 18.9 Å². The van der Waals surface area contributed by atoms with Gasteiger partial charge in [-0.3, -0.25) is 9.89 Å². The molecule has 7 nitrogen and oxygen atoms in total. The molecule has 29 heavy (non-hydrogen) atoms. The quantitative estimate of drug-likeness (QED) is 0.467. The van der Waals surface area contributed by atoms with Gasteiger partial charge in [0.25, 0.3) is 0 Å². The summed E-state index contributed by atoms with van der Waals surface area (Å²) >= 11 is 0. The predicted molar refractivity (Wildman–Crippen MR) is 119 cm³/mol. The third-order valence-electron chi connectivity index (χ3n) is 5.32. The van der Waals surface area contributed by atoms with E-state index in [0.29, 0.717) is 18.9 Å². The van der Waals surface area contributed by atoms with Crippen molar-refractivity contribution in [3.63, 3.8) is 0 Å². The number of ether oxygens (including phenoxy) is 1. The van der Waals surface area contributed by atoms with Crippen LogP contribution in [0.2, 0.25) is 0 Å². The lowest BCUT2D eigenvalue weighted by Gasteiger charge is -2.36. The smallest absolute Gasteiger partial charge is 0.191 e. The van der Waals surface area contributed by atoms with Crippen LogP contribution in [0.3, 0.4) is 0 Å². The highest BCUT2D eigenvalue weighted by molar-refractivity contribution is 7.90. The van der Waals surface area contributed by atoms with Crippen molar-refractivity contribution in [3.05, 3.63) is 29.8 Å². The molecule has 1 aromatic rings. The maximum Gasteiger partial charge on any atom is 0.191 e. The Morgan fingerprint density at radius 2 is 1.93 bits per heavy atom. The minimum Gasteiger partial charge on any atom is -0.496 e. The fourth-order valence-corrected chi connectivity index (χ4v) is 4.47. The lowest BCUT2D eigenvalue weighted by atomic mass is 10.0. The van der Waals surface area contributed by atoms with Gasteiger partial charge in [0.15, 0.2) is 5.96 Å². The summed E-state index contributed by atoms with van der Waals surface area (Å²) in [6, 6.07) is 8.37. The third kappa shape index (κ3) is 7.85. The zero-order valence-corrected chi connectivity index (χ0v) is 19.0. The Morgan fingerprint density at radius 1 is 1.24 bits per heavy atom. The van der Waals surface area contributed by atoms with Gasteiger partial charge in [-0.1, -0.05) is 24.6 Å². The predicted octanol–water partition coefficient (Wildman–Crippen LogP) is 2.21. The van der Waals surface area contributed by atoms with E-state index < -0.39 is 9.84 Å². The zero-order valence-electron chi connectivity index (χ0n) is 18.1. The van der Waals surface area contributed by atoms with E-state index in [1.165, 1.54) is 31.1 Å². The normalized spacial score (nSPS) is 18.1. The van der Waals surface area contributed by atoms with Crippen LogP contribution in [0.1, 0.15) is 44.2 Å². The topological polar surface area (TPSA) is 83.0 Å². The molecule has 0 spiro atoms. The van der Waals surface area contributed by atoms with Crippen molar-refractivity contribution >= 4 is 15.8 Å². The molecule has 2 atom stereocenters. The molecule has 0 radical (unpaired) electrons. The molecule has 2 rings (SSSR count). The molecule has 2 N–H and O–H groups in total. The number of nitrogens with one attached hydrogen (secondary N) is 2. The molecule has 1 aliphatic rings. The molecule has 0 bridgehead atoms. The Labute approximate surface area is 175 Å². The zero-order chi connectivity index (χ0) is 21.3. The molecular formula is C21H36N4O3S. The molecule has 0 saturated carbocycles. The van der Waals surface area contributed by atoms with Crippen LogP contribution in [0.4, 0.5) is 0 Å². The van der Waals surface area contributed by atoms with Crippen LogP contribution < -0.4 is 15.4 Å². The molecule has 1 saturated heterocycles. The summed E-state index contributed by atoms with van der Waals surface area (Å²) in [5, 5.41) is 6.74. The number of likely N-dealkylation sites (tertiary alicyclic amines) is 1. The van der Waals surface area contributed by atoms with Crippen molar-refractivity contribution < 1.29 is 13.2 Å². The lowest BCUT2D eigenvalue weighted by molar-refractivity contribution is 0.161. The van der Waals surface area contributed by atoms with Crippen LogP contribution in [0.15, 0.2) is 29.3 Å². The number of methoxy groups -OCH3 is 1. The summed E-state index contributed by atoms with van der Waals surface area (Å²) in [4.78, 5) is 6.83. The number of rotatable bonds is 9. The first-order valence-corrected chi connectivity index (χ1v) is 12.4. The van der Waals surface area contributed by atoms with Gasteiger partial charge < -0.3 is 15.4 Å². The summed E-state index contributed by atoms with van der Waals surface area (Å²) in [7, 11) is 0.479. The number of hydrogen-bond acceptors (Lipinski definition) is 5. The molecule has 0 aromatic heterocycles. The number of hydrogen-bond donors (Lipinski definition) is 2. The Kier molecular flexibility index (Phi) is 9.23. The van der Waals surface area contributed by atoms with Crippen LogP contribution in [-0.2, 0) is 9.84 Å². The van der Waals surface area contributed by atoms with Gasteiger partial charge in [-0.05, 0) is 45.3 Å². The fourth-order valence-electron chi connectivity index (χ4n) is 3.69. The number of para-hydroxylation sites is 1. The van der Waals surface area contributed by atoms with Gasteiger partial charge in [0, 0.05) is 31.5 Å². The van der Waals surface area contributed by atoms with E-state index in [9.17, 15) is 8.42 Å². The summed E-state index contributed by atoms with van der Waals surface area (Å²) in [6.45, 7) is 4.81. The second-order valence-corrected chi connectivity index (χ2v) is 10.0. The number of aliphatic imine (C=N–C) groups is 1. The Morgan fingerprint density at radius 3 is 2.55 bits per heavy atom. The molecule has 0 aliphatic carbocycles. The van der Waals surface area contributed by atoms with Crippen molar-refractivity contribution in [2.24, 2.45) is 4.99 Å². The fraction of sp³-hybridized carbons (Fsp3) is 0.667. The van der Waals surface area contributed by atoms with Crippen molar-refractivity contribution in [2.45, 2.75) is 44.7 Å². The van der Waals surface area contributed by atoms with Crippen molar-refractivity contribution in [3.8, 4) is 5.75 Å². The van der Waals surface area contributed by atoms with Gasteiger partial charge in [-0.25, -0.2) is 8.42 Å². The first-order valence-electron chi connectivity index (χ1n) is 10.4. The molecule has 8 heteroatoms. The molecule has 0 amide bonds. The summed E-state index contributed by atoms with van der Waals surface area (Å²) < 4.78 is 28.4. The van der Waals surface area contributed by atoms with Gasteiger partial charge in [0.1, 0.15) is 15.6 Å². The molecular weight excluding hydrogens is 388 g/mol. The van der Waals surface area contributed by atoms with Gasteiger partial charge >= 0.3 is 0 Å². The number of sulfone groups is 1. The molecule has 1 heterocycles. The summed E-state index contributed by atoms with van der Waals surface area (Å²) in [6.07, 6.45) is 5.51. The van der Waals surface area contributed by atoms with Crippen LogP contribution in [-0.4, -0.2) is 71.1 Å². The minimum atomic E-state index is -2.97. The van der Waals surface area contributed by atoms with Crippen molar-refractivity contribution in [1.29, 1.82) is 0 Å². The first kappa shape index (κ1) is 23.5. The standard InChI is InChI=1S/C21H36N4O3S/c1-17(12-15-29(4,26)27)24-21(22-2)23-16-19(25-13-8-5-9-14-25)18-10-6-7-11-20(18)28-3/h6-7,10-11,17,19H,5,8-9,12-16H2,1-4H3,(H2,22,23,24). The number of benzene rings is 1. The Hall–Kier alpha value is -1.80. The van der Waals surface area contributed by atoms with Crippen LogP contribution >= 0.6 is 0 Å². The molecule has 1 aromatic carbocycles. The highest BCUT2D eigenvalue weighted by Gasteiger charge is 2.25. The number of nitrogens with zero attached hydrogens (tertiary/aromatic N) is 2. The van der Waals surface area contributed by atoms with E-state index >= 15 is 0 Å². The van der Waals surface area contributed by atoms with Gasteiger partial charge in [-0.15, -0.1) is 0 Å². The highest BCUT2D eigenvalue weighted by atomic mass is 32.2. The largest absolute Gasteiger partial charge is 0.496 e. The van der Waals surface area contributed by atoms with Crippen LogP contribution in [0.5, 0.6) is 5.75 Å². The van der Waals surface area contributed by atoms with E-state index in [2.05, 4.69) is 32.7 Å². The number of guanidine groups is 1. The summed E-state index contributed by atoms with van der Waals surface area (Å²) in [5.74, 6) is 1.74. The maximum atomic E-state index is 11.4. The van der Waals surface area contributed by atoms with E-state index in [4.69, 9.17) is 4.74 Å². The van der Waals surface area contributed by atoms with Crippen molar-refractivity contribution in [2.75, 3.05) is 45.8 Å². The van der Waals surface area contributed by atoms with E-state index in [1.54, 1.807) is 14.2 Å². The molecule has 1 fully saturated rings. The van der Waals surface area contributed by atoms with Crippen LogP contribution in [0.25, 0.3) is 0 Å². The minimum absolute atomic E-state index is 0.00984. The van der Waals surface area contributed by atoms with Crippen LogP contribution in [0, 0.1) is 0 Å². The second kappa shape index (κ2) is 11.4. The lowest BCUT2D eigenvalue weighted by Crippen LogP contribution is -2.47. The molecule has 1 aliphatic heterocycles. The maximum absolute atomic E-state index is 11.4. The van der Waals surface area contributed by atoms with E-state index in [0.717, 1.165) is 18.8 Å².